The molecule has 0 aromatic carbocycles. The fourth-order valence-corrected chi connectivity index (χ4v) is 2.41. The van der Waals surface area contributed by atoms with Crippen molar-refractivity contribution < 1.29 is 13.2 Å². The largest absolute Gasteiger partial charge is 0.381 e. The Balaban J connectivity index is 2.31. The van der Waals surface area contributed by atoms with Crippen molar-refractivity contribution in [2.75, 3.05) is 19.4 Å². The highest BCUT2D eigenvalue weighted by Gasteiger charge is 2.48. The Morgan fingerprint density at radius 3 is 2.53 bits per heavy atom. The Bertz CT molecular complexity index is 313. The van der Waals surface area contributed by atoms with Crippen molar-refractivity contribution in [1.29, 1.82) is 0 Å². The summed E-state index contributed by atoms with van der Waals surface area (Å²) in [6.07, 6.45) is 1.18. The molecule has 1 fully saturated rings. The lowest BCUT2D eigenvalue weighted by Gasteiger charge is -2.51. The number of hydrogen-bond acceptors (Lipinski definition) is 4. The van der Waals surface area contributed by atoms with Gasteiger partial charge < -0.3 is 10.1 Å². The first kappa shape index (κ1) is 12.9. The highest BCUT2D eigenvalue weighted by atomic mass is 32.2. The molecule has 3 N–H and O–H groups in total. The maximum Gasteiger partial charge on any atom is 0.210 e. The van der Waals surface area contributed by atoms with Gasteiger partial charge in [0, 0.05) is 25.1 Å². The molecular weight excluding hydrogens is 216 g/mol. The third-order valence-electron chi connectivity index (χ3n) is 3.24. The van der Waals surface area contributed by atoms with E-state index >= 15 is 0 Å². The van der Waals surface area contributed by atoms with Gasteiger partial charge in [0.1, 0.15) is 0 Å². The Morgan fingerprint density at radius 1 is 1.53 bits per heavy atom. The molecule has 1 saturated carbocycles. The van der Waals surface area contributed by atoms with Crippen molar-refractivity contribution in [3.05, 3.63) is 0 Å². The second kappa shape index (κ2) is 4.37. The summed E-state index contributed by atoms with van der Waals surface area (Å²) >= 11 is 0. The fraction of sp³-hybridized carbons (Fsp3) is 1.00. The van der Waals surface area contributed by atoms with Gasteiger partial charge in [-0.15, -0.1) is 0 Å². The summed E-state index contributed by atoms with van der Waals surface area (Å²) in [5.41, 5.74) is 0.0626. The third kappa shape index (κ3) is 3.14. The molecule has 0 bridgehead atoms. The van der Waals surface area contributed by atoms with E-state index in [2.05, 4.69) is 19.2 Å². The first-order chi connectivity index (χ1) is 6.77. The summed E-state index contributed by atoms with van der Waals surface area (Å²) in [6.45, 7) is 4.63. The predicted octanol–water partition coefficient (Wildman–Crippen LogP) is -0.322. The van der Waals surface area contributed by atoms with E-state index in [9.17, 15) is 8.42 Å². The molecule has 0 spiro atoms. The molecular formula is C9H20N2O3S. The number of nitrogens with one attached hydrogen (secondary N) is 1. The molecule has 0 aromatic rings. The van der Waals surface area contributed by atoms with Crippen LogP contribution in [0.2, 0.25) is 0 Å². The Labute approximate surface area is 91.4 Å². The van der Waals surface area contributed by atoms with Crippen molar-refractivity contribution in [1.82, 2.24) is 5.32 Å². The molecule has 2 atom stereocenters. The predicted molar refractivity (Wildman–Crippen MR) is 59.0 cm³/mol. The van der Waals surface area contributed by atoms with Gasteiger partial charge in [0.05, 0.1) is 11.9 Å². The third-order valence-corrected chi connectivity index (χ3v) is 4.01. The van der Waals surface area contributed by atoms with Crippen molar-refractivity contribution in [2.45, 2.75) is 32.4 Å². The van der Waals surface area contributed by atoms with E-state index in [4.69, 9.17) is 9.88 Å². The number of primary sulfonamides is 1. The van der Waals surface area contributed by atoms with E-state index in [1.807, 2.05) is 0 Å². The van der Waals surface area contributed by atoms with E-state index in [1.54, 1.807) is 7.11 Å². The van der Waals surface area contributed by atoms with Crippen LogP contribution < -0.4 is 10.5 Å². The quantitative estimate of drug-likeness (QED) is 0.685. The van der Waals surface area contributed by atoms with Gasteiger partial charge in [0.25, 0.3) is 0 Å². The zero-order valence-corrected chi connectivity index (χ0v) is 10.3. The van der Waals surface area contributed by atoms with E-state index in [-0.39, 0.29) is 17.3 Å². The monoisotopic (exact) mass is 236 g/mol. The molecule has 90 valence electrons. The number of hydrogen-bond donors (Lipinski definition) is 2. The normalized spacial score (nSPS) is 29.9. The van der Waals surface area contributed by atoms with Gasteiger partial charge in [0.15, 0.2) is 0 Å². The first-order valence-corrected chi connectivity index (χ1v) is 6.75. The zero-order chi connectivity index (χ0) is 11.7. The van der Waals surface area contributed by atoms with Crippen LogP contribution in [0.1, 0.15) is 20.3 Å². The van der Waals surface area contributed by atoms with E-state index in [0.29, 0.717) is 12.6 Å². The molecule has 0 aromatic heterocycles. The number of sulfonamides is 1. The zero-order valence-electron chi connectivity index (χ0n) is 9.49. The summed E-state index contributed by atoms with van der Waals surface area (Å²) in [5.74, 6) is -0.0166. The molecule has 1 rings (SSSR count). The van der Waals surface area contributed by atoms with E-state index in [0.717, 1.165) is 6.42 Å². The average molecular weight is 236 g/mol. The molecule has 15 heavy (non-hydrogen) atoms. The van der Waals surface area contributed by atoms with Crippen LogP contribution in [0.25, 0.3) is 0 Å². The summed E-state index contributed by atoms with van der Waals surface area (Å²) < 4.78 is 26.7. The topological polar surface area (TPSA) is 81.4 Å². The minimum absolute atomic E-state index is 0.0166. The van der Waals surface area contributed by atoms with Crippen molar-refractivity contribution in [2.24, 2.45) is 10.6 Å². The van der Waals surface area contributed by atoms with Gasteiger partial charge in [0.2, 0.25) is 10.0 Å². The Hall–Kier alpha value is -0.170. The molecule has 5 nitrogen and oxygen atoms in total. The van der Waals surface area contributed by atoms with Crippen LogP contribution in [0.5, 0.6) is 0 Å². The maximum absolute atomic E-state index is 10.7. The molecule has 0 aliphatic heterocycles. The average Bonchev–Trinajstić information content (AvgIpc) is 2.08. The highest BCUT2D eigenvalue weighted by molar-refractivity contribution is 7.89. The van der Waals surface area contributed by atoms with Crippen LogP contribution in [0.3, 0.4) is 0 Å². The van der Waals surface area contributed by atoms with Crippen molar-refractivity contribution >= 4 is 10.0 Å². The molecule has 0 radical (unpaired) electrons. The Kier molecular flexibility index (Phi) is 3.76. The number of rotatable bonds is 5. The minimum Gasteiger partial charge on any atom is -0.381 e. The molecule has 0 amide bonds. The molecule has 1 aliphatic carbocycles. The molecule has 2 unspecified atom stereocenters. The van der Waals surface area contributed by atoms with Crippen LogP contribution in [-0.4, -0.2) is 40.0 Å². The summed E-state index contributed by atoms with van der Waals surface area (Å²) in [4.78, 5) is 0. The second-order valence-electron chi connectivity index (χ2n) is 4.66. The number of methoxy groups -OCH3 is 1. The first-order valence-electron chi connectivity index (χ1n) is 5.04. The number of nitrogens with two attached hydrogens (primary N) is 1. The second-order valence-corrected chi connectivity index (χ2v) is 6.39. The molecule has 6 heteroatoms. The Morgan fingerprint density at radius 2 is 2.13 bits per heavy atom. The van der Waals surface area contributed by atoms with Gasteiger partial charge in [-0.1, -0.05) is 13.8 Å². The lowest BCUT2D eigenvalue weighted by Crippen LogP contribution is -2.61. The maximum atomic E-state index is 10.7. The van der Waals surface area contributed by atoms with Crippen LogP contribution >= 0.6 is 0 Å². The summed E-state index contributed by atoms with van der Waals surface area (Å²) in [7, 11) is -1.65. The van der Waals surface area contributed by atoms with Crippen LogP contribution in [0.4, 0.5) is 0 Å². The van der Waals surface area contributed by atoms with E-state index in [1.165, 1.54) is 0 Å². The van der Waals surface area contributed by atoms with Gasteiger partial charge in [-0.2, -0.15) is 0 Å². The van der Waals surface area contributed by atoms with E-state index < -0.39 is 10.0 Å². The fourth-order valence-electron chi connectivity index (χ4n) is 2.01. The van der Waals surface area contributed by atoms with Gasteiger partial charge >= 0.3 is 0 Å². The lowest BCUT2D eigenvalue weighted by molar-refractivity contribution is -0.0968. The van der Waals surface area contributed by atoms with Crippen molar-refractivity contribution in [3.8, 4) is 0 Å². The van der Waals surface area contributed by atoms with Gasteiger partial charge in [-0.05, 0) is 6.42 Å². The number of ether oxygens (including phenoxy) is 1. The smallest absolute Gasteiger partial charge is 0.210 e. The summed E-state index contributed by atoms with van der Waals surface area (Å²) in [6, 6.07) is 0.309. The SMILES string of the molecule is COC1CC(NCCS(N)(=O)=O)C1(C)C. The van der Waals surface area contributed by atoms with Crippen LogP contribution in [-0.2, 0) is 14.8 Å². The summed E-state index contributed by atoms with van der Waals surface area (Å²) in [5, 5.41) is 8.10. The van der Waals surface area contributed by atoms with Crippen molar-refractivity contribution in [3.63, 3.8) is 0 Å². The van der Waals surface area contributed by atoms with Crippen LogP contribution in [0.15, 0.2) is 0 Å². The minimum atomic E-state index is -3.35. The standard InChI is InChI=1S/C9H20N2O3S/c1-9(2)7(6-8(9)14-3)11-4-5-15(10,12)13/h7-8,11H,4-6H2,1-3H3,(H2,10,12,13). The highest BCUT2D eigenvalue weighted by Crippen LogP contribution is 2.42. The van der Waals surface area contributed by atoms with Gasteiger partial charge in [-0.3, -0.25) is 0 Å². The molecule has 0 heterocycles. The molecule has 1 aliphatic rings. The lowest BCUT2D eigenvalue weighted by atomic mass is 9.64. The molecule has 0 saturated heterocycles. The van der Waals surface area contributed by atoms with Crippen LogP contribution in [0, 0.1) is 5.41 Å². The van der Waals surface area contributed by atoms with Gasteiger partial charge in [-0.25, -0.2) is 13.6 Å².